The molecule has 116 valence electrons. The van der Waals surface area contributed by atoms with Gasteiger partial charge in [0.15, 0.2) is 0 Å². The molecule has 2 atom stereocenters. The fourth-order valence-electron chi connectivity index (χ4n) is 3.75. The maximum absolute atomic E-state index is 10.4. The summed E-state index contributed by atoms with van der Waals surface area (Å²) in [6, 6.07) is 7.64. The third-order valence-corrected chi connectivity index (χ3v) is 4.77. The Kier molecular flexibility index (Phi) is 3.67. The third kappa shape index (κ3) is 2.72. The summed E-state index contributed by atoms with van der Waals surface area (Å²) in [7, 11) is 0. The van der Waals surface area contributed by atoms with E-state index in [1.165, 1.54) is 0 Å². The number of fused-ring (bicyclic) bond motifs is 1. The van der Waals surface area contributed by atoms with Gasteiger partial charge in [0, 0.05) is 6.54 Å². The van der Waals surface area contributed by atoms with Crippen molar-refractivity contribution in [3.63, 3.8) is 0 Å². The third-order valence-electron chi connectivity index (χ3n) is 4.77. The Bertz CT molecular complexity index is 733. The Hall–Kier alpha value is -1.90. The summed E-state index contributed by atoms with van der Waals surface area (Å²) >= 11 is 0. The summed E-state index contributed by atoms with van der Waals surface area (Å²) in [6.07, 6.45) is 4.94. The topological polar surface area (TPSA) is 82.1 Å². The number of rotatable bonds is 3. The molecule has 0 amide bonds. The van der Waals surface area contributed by atoms with Crippen molar-refractivity contribution in [2.75, 3.05) is 6.61 Å². The second-order valence-corrected chi connectivity index (χ2v) is 6.91. The van der Waals surface area contributed by atoms with E-state index >= 15 is 0 Å². The highest BCUT2D eigenvalue weighted by Crippen LogP contribution is 2.42. The molecule has 1 fully saturated rings. The quantitative estimate of drug-likeness (QED) is 0.910. The number of hydrogen-bond acceptors (Lipinski definition) is 4. The predicted octanol–water partition coefficient (Wildman–Crippen LogP) is 2.21. The monoisotopic (exact) mass is 299 g/mol. The molecule has 0 spiro atoms. The Morgan fingerprint density at radius 3 is 2.95 bits per heavy atom. The fraction of sp³-hybridized carbons (Fsp3) is 0.529. The van der Waals surface area contributed by atoms with Gasteiger partial charge in [-0.05, 0) is 49.3 Å². The first-order valence-electron chi connectivity index (χ1n) is 7.65. The summed E-state index contributed by atoms with van der Waals surface area (Å²) in [5.74, 6) is 0. The fourth-order valence-corrected chi connectivity index (χ4v) is 3.75. The number of nitriles is 1. The molecule has 1 aliphatic rings. The highest BCUT2D eigenvalue weighted by atomic mass is 16.3. The molecule has 0 radical (unpaired) electrons. The van der Waals surface area contributed by atoms with Crippen LogP contribution in [0.3, 0.4) is 0 Å². The van der Waals surface area contributed by atoms with Gasteiger partial charge < -0.3 is 14.8 Å². The van der Waals surface area contributed by atoms with Crippen LogP contribution in [0, 0.1) is 16.7 Å². The van der Waals surface area contributed by atoms with Crippen LogP contribution in [0.15, 0.2) is 24.5 Å². The zero-order chi connectivity index (χ0) is 15.8. The molecule has 5 nitrogen and oxygen atoms in total. The van der Waals surface area contributed by atoms with Crippen molar-refractivity contribution in [1.82, 2.24) is 9.55 Å². The van der Waals surface area contributed by atoms with E-state index in [0.717, 1.165) is 30.4 Å². The largest absolute Gasteiger partial charge is 0.393 e. The Morgan fingerprint density at radius 1 is 1.41 bits per heavy atom. The minimum atomic E-state index is -0.971. The zero-order valence-corrected chi connectivity index (χ0v) is 12.8. The first-order chi connectivity index (χ1) is 10.5. The van der Waals surface area contributed by atoms with Gasteiger partial charge >= 0.3 is 0 Å². The summed E-state index contributed by atoms with van der Waals surface area (Å²) in [6.45, 7) is 2.68. The van der Waals surface area contributed by atoms with Crippen molar-refractivity contribution in [2.24, 2.45) is 5.41 Å². The molecule has 1 aliphatic carbocycles. The molecule has 0 saturated heterocycles. The van der Waals surface area contributed by atoms with E-state index in [1.54, 1.807) is 12.4 Å². The molecular weight excluding hydrogens is 278 g/mol. The maximum Gasteiger partial charge on any atom is 0.0992 e. The molecule has 2 N–H and O–H groups in total. The molecule has 3 rings (SSSR count). The molecule has 0 bridgehead atoms. The minimum Gasteiger partial charge on any atom is -0.393 e. The van der Waals surface area contributed by atoms with Crippen LogP contribution in [0.2, 0.25) is 0 Å². The highest BCUT2D eigenvalue weighted by molar-refractivity contribution is 5.76. The lowest BCUT2D eigenvalue weighted by Crippen LogP contribution is -2.44. The van der Waals surface area contributed by atoms with Crippen molar-refractivity contribution in [2.45, 2.75) is 44.8 Å². The molecule has 2 aromatic rings. The van der Waals surface area contributed by atoms with Crippen LogP contribution in [-0.2, 0) is 6.54 Å². The van der Waals surface area contributed by atoms with Crippen molar-refractivity contribution >= 4 is 11.0 Å². The second-order valence-electron chi connectivity index (χ2n) is 6.91. The molecule has 5 heteroatoms. The van der Waals surface area contributed by atoms with Gasteiger partial charge in [-0.2, -0.15) is 5.26 Å². The van der Waals surface area contributed by atoms with Crippen LogP contribution in [0.4, 0.5) is 0 Å². The van der Waals surface area contributed by atoms with E-state index in [2.05, 4.69) is 22.5 Å². The van der Waals surface area contributed by atoms with E-state index in [-0.39, 0.29) is 12.0 Å². The van der Waals surface area contributed by atoms with Gasteiger partial charge in [0.05, 0.1) is 41.2 Å². The molecule has 1 aromatic heterocycles. The average molecular weight is 299 g/mol. The summed E-state index contributed by atoms with van der Waals surface area (Å²) in [4.78, 5) is 4.39. The normalized spacial score (nSPS) is 28.6. The highest BCUT2D eigenvalue weighted by Gasteiger charge is 2.41. The summed E-state index contributed by atoms with van der Waals surface area (Å²) in [5, 5.41) is 28.9. The Morgan fingerprint density at radius 2 is 2.23 bits per heavy atom. The van der Waals surface area contributed by atoms with Crippen molar-refractivity contribution in [3.05, 3.63) is 30.1 Å². The number of nitrogens with zero attached hydrogens (tertiary/aromatic N) is 3. The van der Waals surface area contributed by atoms with E-state index < -0.39 is 5.60 Å². The van der Waals surface area contributed by atoms with Gasteiger partial charge in [-0.1, -0.05) is 6.92 Å². The first kappa shape index (κ1) is 15.0. The lowest BCUT2D eigenvalue weighted by atomic mass is 9.68. The standard InChI is InChI=1S/C17H21N3O2/c1-16(5-2-6-17(22,9-16)11-21)10-20-12-19-14-4-3-13(8-18)7-15(14)20/h3-4,7,12,21-22H,2,5-6,9-11H2,1H3/t16-,17?/m0/s1. The summed E-state index contributed by atoms with van der Waals surface area (Å²) in [5.41, 5.74) is 1.37. The Balaban J connectivity index is 1.91. The Labute approximate surface area is 129 Å². The van der Waals surface area contributed by atoms with Gasteiger partial charge in [-0.25, -0.2) is 4.98 Å². The average Bonchev–Trinajstić information content (AvgIpc) is 2.88. The van der Waals surface area contributed by atoms with E-state index in [4.69, 9.17) is 5.26 Å². The maximum atomic E-state index is 10.4. The van der Waals surface area contributed by atoms with Crippen LogP contribution in [0.5, 0.6) is 0 Å². The summed E-state index contributed by atoms with van der Waals surface area (Å²) < 4.78 is 2.05. The van der Waals surface area contributed by atoms with Crippen molar-refractivity contribution in [1.29, 1.82) is 5.26 Å². The van der Waals surface area contributed by atoms with Crippen molar-refractivity contribution < 1.29 is 10.2 Å². The second kappa shape index (κ2) is 5.38. The van der Waals surface area contributed by atoms with Crippen LogP contribution >= 0.6 is 0 Å². The number of aliphatic hydroxyl groups is 2. The number of imidazole rings is 1. The predicted molar refractivity (Wildman–Crippen MR) is 83.1 cm³/mol. The van der Waals surface area contributed by atoms with Crippen LogP contribution in [0.25, 0.3) is 11.0 Å². The van der Waals surface area contributed by atoms with E-state index in [0.29, 0.717) is 18.4 Å². The van der Waals surface area contributed by atoms with Gasteiger partial charge in [-0.15, -0.1) is 0 Å². The minimum absolute atomic E-state index is 0.0913. The van der Waals surface area contributed by atoms with Crippen molar-refractivity contribution in [3.8, 4) is 6.07 Å². The van der Waals surface area contributed by atoms with Gasteiger partial charge in [-0.3, -0.25) is 0 Å². The molecule has 1 heterocycles. The molecule has 1 unspecified atom stereocenters. The van der Waals surface area contributed by atoms with Crippen LogP contribution in [-0.4, -0.2) is 32.0 Å². The van der Waals surface area contributed by atoms with E-state index in [1.807, 2.05) is 12.1 Å². The lowest BCUT2D eigenvalue weighted by molar-refractivity contribution is -0.0822. The molecule has 1 saturated carbocycles. The first-order valence-corrected chi connectivity index (χ1v) is 7.65. The lowest BCUT2D eigenvalue weighted by Gasteiger charge is -2.42. The SMILES string of the molecule is C[C@]1(Cn2cnc3ccc(C#N)cc32)CCCC(O)(CO)C1. The van der Waals surface area contributed by atoms with Crippen LogP contribution in [0.1, 0.15) is 38.2 Å². The van der Waals surface area contributed by atoms with Gasteiger partial charge in [0.2, 0.25) is 0 Å². The number of aliphatic hydroxyl groups excluding tert-OH is 1. The molecule has 22 heavy (non-hydrogen) atoms. The smallest absolute Gasteiger partial charge is 0.0992 e. The van der Waals surface area contributed by atoms with Gasteiger partial charge in [0.1, 0.15) is 0 Å². The number of hydrogen-bond donors (Lipinski definition) is 2. The number of aromatic nitrogens is 2. The molecule has 0 aliphatic heterocycles. The number of benzene rings is 1. The van der Waals surface area contributed by atoms with E-state index in [9.17, 15) is 10.2 Å². The van der Waals surface area contributed by atoms with Crippen LogP contribution < -0.4 is 0 Å². The zero-order valence-electron chi connectivity index (χ0n) is 12.8. The molecular formula is C17H21N3O2. The van der Waals surface area contributed by atoms with Gasteiger partial charge in [0.25, 0.3) is 0 Å². The molecule has 1 aromatic carbocycles.